The maximum Gasteiger partial charge on any atom is 0.296 e. The average Bonchev–Trinajstić information content (AvgIpc) is 3.21. The lowest BCUT2D eigenvalue weighted by molar-refractivity contribution is 0.0998. The Kier molecular flexibility index (Phi) is 5.69. The number of benzene rings is 1. The van der Waals surface area contributed by atoms with Gasteiger partial charge in [-0.1, -0.05) is 11.6 Å². The van der Waals surface area contributed by atoms with Gasteiger partial charge < -0.3 is 25.7 Å². The van der Waals surface area contributed by atoms with E-state index in [4.69, 9.17) is 22.1 Å². The summed E-state index contributed by atoms with van der Waals surface area (Å²) in [4.78, 5) is 22.2. The highest BCUT2D eigenvalue weighted by Crippen LogP contribution is 2.35. The highest BCUT2D eigenvalue weighted by Gasteiger charge is 2.13. The molecule has 0 radical (unpaired) electrons. The third-order valence-electron chi connectivity index (χ3n) is 3.70. The van der Waals surface area contributed by atoms with Gasteiger partial charge in [-0.2, -0.15) is 4.99 Å². The molecule has 0 saturated heterocycles. The van der Waals surface area contributed by atoms with Gasteiger partial charge in [0.1, 0.15) is 11.4 Å². The molecule has 0 aliphatic rings. The molecular formula is C18H20ClN5O2S. The Morgan fingerprint density at radius 1 is 1.37 bits per heavy atom. The zero-order valence-corrected chi connectivity index (χ0v) is 16.7. The molecule has 2 aromatic heterocycles. The molecule has 9 heteroatoms. The fourth-order valence-corrected chi connectivity index (χ4v) is 3.75. The lowest BCUT2D eigenvalue weighted by Crippen LogP contribution is -2.28. The summed E-state index contributed by atoms with van der Waals surface area (Å²) in [5, 5.41) is 4.57. The molecule has 0 bridgehead atoms. The number of amides is 1. The van der Waals surface area contributed by atoms with Crippen LogP contribution in [0.25, 0.3) is 10.9 Å². The smallest absolute Gasteiger partial charge is 0.296 e. The summed E-state index contributed by atoms with van der Waals surface area (Å²) in [6, 6.07) is 9.14. The first kappa shape index (κ1) is 19.2. The number of fused-ring (bicyclic) bond motifs is 1. The van der Waals surface area contributed by atoms with Gasteiger partial charge in [0.25, 0.3) is 5.91 Å². The number of hydrogen-bond donors (Lipinski definition) is 3. The highest BCUT2D eigenvalue weighted by molar-refractivity contribution is 7.13. The molecule has 142 valence electrons. The van der Waals surface area contributed by atoms with E-state index in [0.29, 0.717) is 27.4 Å². The van der Waals surface area contributed by atoms with Crippen molar-refractivity contribution in [3.63, 3.8) is 0 Å². The second-order valence-electron chi connectivity index (χ2n) is 6.16. The molecule has 3 rings (SSSR count). The highest BCUT2D eigenvalue weighted by atomic mass is 35.5. The van der Waals surface area contributed by atoms with E-state index in [1.807, 2.05) is 26.2 Å². The molecule has 0 aliphatic carbocycles. The van der Waals surface area contributed by atoms with Crippen LogP contribution in [-0.4, -0.2) is 42.9 Å². The van der Waals surface area contributed by atoms with Crippen LogP contribution in [0, 0.1) is 0 Å². The van der Waals surface area contributed by atoms with E-state index in [-0.39, 0.29) is 5.96 Å². The molecule has 1 aromatic carbocycles. The number of carbonyl (C=O) groups excluding carboxylic acids is 1. The summed E-state index contributed by atoms with van der Waals surface area (Å²) in [5.41, 5.74) is 6.52. The van der Waals surface area contributed by atoms with Crippen LogP contribution >= 0.6 is 22.9 Å². The second kappa shape index (κ2) is 7.99. The van der Waals surface area contributed by atoms with Crippen LogP contribution in [0.15, 0.2) is 35.3 Å². The summed E-state index contributed by atoms with van der Waals surface area (Å²) in [6.07, 6.45) is 0. The summed E-state index contributed by atoms with van der Waals surface area (Å²) in [7, 11) is 5.63. The first-order chi connectivity index (χ1) is 12.9. The van der Waals surface area contributed by atoms with Crippen molar-refractivity contribution >= 4 is 45.7 Å². The number of nitrogens with zero attached hydrogens (tertiary/aromatic N) is 2. The van der Waals surface area contributed by atoms with Crippen LogP contribution in [0.4, 0.5) is 0 Å². The monoisotopic (exact) mass is 405 g/mol. The standard InChI is InChI=1S/C18H20ClN5O2S/c1-21-18(20)23-17(25)15-8-12-13(19)6-10(7-14(12)22-15)26-16-5-4-11(27-16)9-24(2)3/h4-8,22H,9H2,1-3H3,(H3,20,21,23,25). The van der Waals surface area contributed by atoms with Gasteiger partial charge in [-0.3, -0.25) is 4.79 Å². The van der Waals surface area contributed by atoms with Crippen LogP contribution in [0.5, 0.6) is 10.8 Å². The van der Waals surface area contributed by atoms with Gasteiger partial charge in [-0.05, 0) is 32.3 Å². The van der Waals surface area contributed by atoms with Gasteiger partial charge in [0.15, 0.2) is 11.0 Å². The number of aromatic amines is 1. The maximum atomic E-state index is 12.1. The number of nitrogens with two attached hydrogens (primary N) is 1. The molecule has 0 atom stereocenters. The lowest BCUT2D eigenvalue weighted by atomic mass is 10.2. The van der Waals surface area contributed by atoms with Gasteiger partial charge in [-0.25, -0.2) is 0 Å². The predicted octanol–water partition coefficient (Wildman–Crippen LogP) is 3.41. The molecule has 0 unspecified atom stereocenters. The quantitative estimate of drug-likeness (QED) is 0.446. The minimum atomic E-state index is -0.483. The fourth-order valence-electron chi connectivity index (χ4n) is 2.49. The van der Waals surface area contributed by atoms with Crippen LogP contribution in [0.1, 0.15) is 15.4 Å². The Labute approximate surface area is 165 Å². The van der Waals surface area contributed by atoms with Crippen LogP contribution in [0.3, 0.4) is 0 Å². The first-order valence-electron chi connectivity index (χ1n) is 8.15. The van der Waals surface area contributed by atoms with Crippen molar-refractivity contribution in [2.24, 2.45) is 10.7 Å². The Morgan fingerprint density at radius 2 is 2.15 bits per heavy atom. The maximum absolute atomic E-state index is 12.1. The number of ether oxygens (including phenoxy) is 1. The molecule has 7 nitrogen and oxygen atoms in total. The summed E-state index contributed by atoms with van der Waals surface area (Å²) < 4.78 is 5.93. The molecule has 27 heavy (non-hydrogen) atoms. The summed E-state index contributed by atoms with van der Waals surface area (Å²) >= 11 is 7.94. The molecule has 0 saturated carbocycles. The largest absolute Gasteiger partial charge is 0.447 e. The molecule has 3 aromatic rings. The van der Waals surface area contributed by atoms with Crippen molar-refractivity contribution in [2.45, 2.75) is 6.54 Å². The normalized spacial score (nSPS) is 12.0. The number of nitrogens with one attached hydrogen (secondary N) is 2. The van der Waals surface area contributed by atoms with Gasteiger partial charge >= 0.3 is 0 Å². The summed E-state index contributed by atoms with van der Waals surface area (Å²) in [5.74, 6) is 0.146. The molecule has 2 heterocycles. The summed E-state index contributed by atoms with van der Waals surface area (Å²) in [6.45, 7) is 0.853. The second-order valence-corrected chi connectivity index (χ2v) is 7.70. The number of guanidine groups is 1. The van der Waals surface area contributed by atoms with Crippen LogP contribution in [0.2, 0.25) is 5.02 Å². The van der Waals surface area contributed by atoms with E-state index >= 15 is 0 Å². The number of thiophene rings is 1. The zero-order chi connectivity index (χ0) is 19.6. The van der Waals surface area contributed by atoms with Crippen molar-refractivity contribution in [1.29, 1.82) is 0 Å². The minimum Gasteiger partial charge on any atom is -0.447 e. The van der Waals surface area contributed by atoms with Crippen molar-refractivity contribution in [3.8, 4) is 10.8 Å². The van der Waals surface area contributed by atoms with Gasteiger partial charge in [0.05, 0.1) is 10.5 Å². The number of aliphatic imine (C=N–C) groups is 1. The van der Waals surface area contributed by atoms with Crippen molar-refractivity contribution in [2.75, 3.05) is 21.1 Å². The Bertz CT molecular complexity index is 1010. The molecule has 4 N–H and O–H groups in total. The van der Waals surface area contributed by atoms with Crippen molar-refractivity contribution in [3.05, 3.63) is 45.9 Å². The van der Waals surface area contributed by atoms with E-state index in [2.05, 4.69) is 20.2 Å². The zero-order valence-electron chi connectivity index (χ0n) is 15.2. The van der Waals surface area contributed by atoms with E-state index in [1.54, 1.807) is 36.6 Å². The van der Waals surface area contributed by atoms with Gasteiger partial charge in [-0.15, -0.1) is 11.3 Å². The van der Waals surface area contributed by atoms with Gasteiger partial charge in [0.2, 0.25) is 0 Å². The van der Waals surface area contributed by atoms with E-state index in [0.717, 1.165) is 11.6 Å². The van der Waals surface area contributed by atoms with E-state index < -0.39 is 5.91 Å². The molecule has 0 aliphatic heterocycles. The average molecular weight is 406 g/mol. The van der Waals surface area contributed by atoms with E-state index in [1.165, 1.54) is 4.88 Å². The Hall–Kier alpha value is -2.55. The van der Waals surface area contributed by atoms with Gasteiger partial charge in [0, 0.05) is 36.0 Å². The third-order valence-corrected chi connectivity index (χ3v) is 4.96. The fraction of sp³-hybridized carbons (Fsp3) is 0.222. The van der Waals surface area contributed by atoms with Crippen LogP contribution in [-0.2, 0) is 6.54 Å². The van der Waals surface area contributed by atoms with Crippen molar-refractivity contribution in [1.82, 2.24) is 15.2 Å². The van der Waals surface area contributed by atoms with E-state index in [9.17, 15) is 4.79 Å². The minimum absolute atomic E-state index is 0.0417. The molecular weight excluding hydrogens is 386 g/mol. The Morgan fingerprint density at radius 3 is 2.85 bits per heavy atom. The molecule has 1 amide bonds. The lowest BCUT2D eigenvalue weighted by Gasteiger charge is -2.06. The SMILES string of the molecule is CNC(N)=NC(=O)c1cc2c(Cl)cc(Oc3ccc(CN(C)C)s3)cc2[nH]1. The number of rotatable bonds is 5. The topological polar surface area (TPSA) is 95.7 Å². The number of H-pyrrole nitrogens is 1. The third kappa shape index (κ3) is 4.60. The number of carbonyl (C=O) groups is 1. The Balaban J connectivity index is 1.86. The molecule has 0 spiro atoms. The van der Waals surface area contributed by atoms with Crippen molar-refractivity contribution < 1.29 is 9.53 Å². The number of aromatic nitrogens is 1. The molecule has 0 fully saturated rings. The predicted molar refractivity (Wildman–Crippen MR) is 110 cm³/mol. The number of hydrogen-bond acceptors (Lipinski definition) is 4. The number of halogens is 1. The first-order valence-corrected chi connectivity index (χ1v) is 9.35. The van der Waals surface area contributed by atoms with Crippen LogP contribution < -0.4 is 15.8 Å².